The van der Waals surface area contributed by atoms with Gasteiger partial charge in [-0.25, -0.2) is 9.78 Å². The number of aromatic amines is 2. The van der Waals surface area contributed by atoms with E-state index in [2.05, 4.69) is 15.0 Å². The molecule has 4 rings (SSSR count). The highest BCUT2D eigenvalue weighted by Crippen LogP contribution is 2.21. The highest BCUT2D eigenvalue weighted by atomic mass is 16.4. The summed E-state index contributed by atoms with van der Waals surface area (Å²) >= 11 is 0. The highest BCUT2D eigenvalue weighted by molar-refractivity contribution is 6.16. The average molecular weight is 279 g/mol. The summed E-state index contributed by atoms with van der Waals surface area (Å²) in [6, 6.07) is 8.49. The lowest BCUT2D eigenvalue weighted by Crippen LogP contribution is -2.00. The third kappa shape index (κ3) is 1.77. The fraction of sp³-hybridized carbons (Fsp3) is 0. The lowest BCUT2D eigenvalue weighted by atomic mass is 10.0. The van der Waals surface area contributed by atoms with Crippen LogP contribution in [0.2, 0.25) is 0 Å². The Hall–Kier alpha value is -3.15. The van der Waals surface area contributed by atoms with Gasteiger partial charge in [-0.05, 0) is 30.3 Å². The number of hydrogen-bond donors (Lipinski definition) is 2. The van der Waals surface area contributed by atoms with Crippen LogP contribution in [0, 0.1) is 0 Å². The summed E-state index contributed by atoms with van der Waals surface area (Å²) in [5, 5.41) is 0.762. The Kier molecular flexibility index (Phi) is 2.32. The minimum absolute atomic E-state index is 0.153. The van der Waals surface area contributed by atoms with E-state index >= 15 is 0 Å². The molecule has 0 atom stereocenters. The molecule has 0 amide bonds. The van der Waals surface area contributed by atoms with Crippen LogP contribution in [0.1, 0.15) is 15.9 Å². The number of pyridine rings is 1. The van der Waals surface area contributed by atoms with Gasteiger partial charge in [0.2, 0.25) is 0 Å². The molecular formula is C15H9N3O3. The monoisotopic (exact) mass is 279 g/mol. The van der Waals surface area contributed by atoms with E-state index in [0.717, 1.165) is 5.39 Å². The highest BCUT2D eigenvalue weighted by Gasteiger charge is 2.15. The third-order valence-electron chi connectivity index (χ3n) is 3.38. The van der Waals surface area contributed by atoms with Gasteiger partial charge in [-0.15, -0.1) is 0 Å². The first-order valence-corrected chi connectivity index (χ1v) is 6.32. The van der Waals surface area contributed by atoms with Crippen molar-refractivity contribution in [2.75, 3.05) is 0 Å². The van der Waals surface area contributed by atoms with Crippen LogP contribution < -0.4 is 5.76 Å². The number of aromatic nitrogens is 3. The van der Waals surface area contributed by atoms with Crippen LogP contribution in [-0.2, 0) is 0 Å². The summed E-state index contributed by atoms with van der Waals surface area (Å²) in [5.74, 6) is -0.689. The second kappa shape index (κ2) is 4.17. The van der Waals surface area contributed by atoms with E-state index in [1.807, 2.05) is 6.07 Å². The maximum absolute atomic E-state index is 12.6. The predicted molar refractivity (Wildman–Crippen MR) is 76.4 cm³/mol. The largest absolute Gasteiger partial charge is 0.417 e. The Labute approximate surface area is 117 Å². The van der Waals surface area contributed by atoms with Gasteiger partial charge in [0.1, 0.15) is 5.65 Å². The molecule has 0 aliphatic heterocycles. The first-order valence-electron chi connectivity index (χ1n) is 6.32. The summed E-state index contributed by atoms with van der Waals surface area (Å²) in [6.07, 6.45) is 3.30. The average Bonchev–Trinajstić information content (AvgIpc) is 3.07. The van der Waals surface area contributed by atoms with Crippen molar-refractivity contribution in [3.05, 3.63) is 64.4 Å². The minimum Gasteiger partial charge on any atom is -0.408 e. The van der Waals surface area contributed by atoms with Gasteiger partial charge in [0.05, 0.1) is 5.52 Å². The van der Waals surface area contributed by atoms with Crippen LogP contribution in [0.15, 0.2) is 51.9 Å². The normalized spacial score (nSPS) is 11.2. The summed E-state index contributed by atoms with van der Waals surface area (Å²) in [6.45, 7) is 0. The number of oxazole rings is 1. The molecule has 3 aromatic heterocycles. The van der Waals surface area contributed by atoms with E-state index in [4.69, 9.17) is 4.42 Å². The van der Waals surface area contributed by atoms with Gasteiger partial charge < -0.3 is 9.40 Å². The topological polar surface area (TPSA) is 91.8 Å². The molecule has 0 saturated carbocycles. The third-order valence-corrected chi connectivity index (χ3v) is 3.38. The molecule has 4 aromatic rings. The zero-order valence-electron chi connectivity index (χ0n) is 10.7. The Bertz CT molecular complexity index is 1040. The molecule has 102 valence electrons. The van der Waals surface area contributed by atoms with Crippen molar-refractivity contribution in [3.63, 3.8) is 0 Å². The molecule has 0 aliphatic rings. The van der Waals surface area contributed by atoms with E-state index in [-0.39, 0.29) is 5.78 Å². The number of nitrogens with one attached hydrogen (secondary N) is 2. The van der Waals surface area contributed by atoms with Gasteiger partial charge in [0, 0.05) is 28.9 Å². The number of fused-ring (bicyclic) bond motifs is 2. The van der Waals surface area contributed by atoms with Crippen LogP contribution in [0.3, 0.4) is 0 Å². The number of ketones is 1. The van der Waals surface area contributed by atoms with Crippen LogP contribution in [-0.4, -0.2) is 20.7 Å². The van der Waals surface area contributed by atoms with Crippen molar-refractivity contribution < 1.29 is 9.21 Å². The number of nitrogens with zero attached hydrogens (tertiary/aromatic N) is 1. The quantitative estimate of drug-likeness (QED) is 0.550. The smallest absolute Gasteiger partial charge is 0.408 e. The molecule has 6 nitrogen and oxygen atoms in total. The molecule has 0 unspecified atom stereocenters. The molecular weight excluding hydrogens is 270 g/mol. The zero-order chi connectivity index (χ0) is 14.4. The Morgan fingerprint density at radius 3 is 3.05 bits per heavy atom. The Morgan fingerprint density at radius 1 is 1.24 bits per heavy atom. The van der Waals surface area contributed by atoms with E-state index < -0.39 is 5.76 Å². The van der Waals surface area contributed by atoms with Gasteiger partial charge in [0.25, 0.3) is 0 Å². The van der Waals surface area contributed by atoms with Gasteiger partial charge in [-0.3, -0.25) is 9.78 Å². The molecule has 0 spiro atoms. The molecule has 1 aromatic carbocycles. The molecule has 3 heterocycles. The van der Waals surface area contributed by atoms with Crippen LogP contribution >= 0.6 is 0 Å². The molecule has 0 saturated heterocycles. The number of H-pyrrole nitrogens is 2. The van der Waals surface area contributed by atoms with Crippen molar-refractivity contribution in [2.45, 2.75) is 0 Å². The van der Waals surface area contributed by atoms with Crippen molar-refractivity contribution >= 4 is 27.9 Å². The molecule has 0 aliphatic carbocycles. The molecule has 6 heteroatoms. The first kappa shape index (κ1) is 11.7. The molecule has 2 N–H and O–H groups in total. The maximum Gasteiger partial charge on any atom is 0.417 e. The van der Waals surface area contributed by atoms with Crippen molar-refractivity contribution in [2.24, 2.45) is 0 Å². The van der Waals surface area contributed by atoms with Crippen LogP contribution in [0.4, 0.5) is 0 Å². The van der Waals surface area contributed by atoms with Gasteiger partial charge in [0.15, 0.2) is 11.4 Å². The Morgan fingerprint density at radius 2 is 2.14 bits per heavy atom. The lowest BCUT2D eigenvalue weighted by Gasteiger charge is -1.99. The molecule has 21 heavy (non-hydrogen) atoms. The van der Waals surface area contributed by atoms with Crippen LogP contribution in [0.25, 0.3) is 22.1 Å². The van der Waals surface area contributed by atoms with E-state index in [0.29, 0.717) is 27.9 Å². The SMILES string of the molecule is O=C(c1ccc2[nH]c(=O)oc2c1)c1c[nH]c2ncccc12. The zero-order valence-corrected chi connectivity index (χ0v) is 10.7. The van der Waals surface area contributed by atoms with Gasteiger partial charge >= 0.3 is 5.76 Å². The second-order valence-electron chi connectivity index (χ2n) is 4.66. The summed E-state index contributed by atoms with van der Waals surface area (Å²) in [4.78, 5) is 33.4. The first-order chi connectivity index (χ1) is 10.2. The Balaban J connectivity index is 1.87. The summed E-state index contributed by atoms with van der Waals surface area (Å²) in [5.41, 5.74) is 2.58. The number of carbonyl (C=O) groups excluding carboxylic acids is 1. The molecule has 0 radical (unpaired) electrons. The fourth-order valence-electron chi connectivity index (χ4n) is 2.39. The standard InChI is InChI=1S/C15H9N3O3/c19-13(10-7-17-14-9(10)2-1-5-16-14)8-3-4-11-12(6-8)21-15(20)18-11/h1-7H,(H,16,17)(H,18,20). The van der Waals surface area contributed by atoms with E-state index in [1.54, 1.807) is 36.7 Å². The predicted octanol–water partition coefficient (Wildman–Crippen LogP) is 2.23. The fourth-order valence-corrected chi connectivity index (χ4v) is 2.39. The van der Waals surface area contributed by atoms with Crippen LogP contribution in [0.5, 0.6) is 0 Å². The van der Waals surface area contributed by atoms with E-state index in [9.17, 15) is 9.59 Å². The number of benzene rings is 1. The second-order valence-corrected chi connectivity index (χ2v) is 4.66. The van der Waals surface area contributed by atoms with E-state index in [1.165, 1.54) is 0 Å². The lowest BCUT2D eigenvalue weighted by molar-refractivity contribution is 0.104. The van der Waals surface area contributed by atoms with Gasteiger partial charge in [-0.1, -0.05) is 0 Å². The number of rotatable bonds is 2. The van der Waals surface area contributed by atoms with Crippen molar-refractivity contribution in [1.29, 1.82) is 0 Å². The number of hydrogen-bond acceptors (Lipinski definition) is 4. The summed E-state index contributed by atoms with van der Waals surface area (Å²) < 4.78 is 4.98. The maximum atomic E-state index is 12.6. The summed E-state index contributed by atoms with van der Waals surface area (Å²) in [7, 11) is 0. The minimum atomic E-state index is -0.536. The number of carbonyl (C=O) groups is 1. The molecule has 0 bridgehead atoms. The van der Waals surface area contributed by atoms with Gasteiger partial charge in [-0.2, -0.15) is 0 Å². The molecule has 0 fully saturated rings. The van der Waals surface area contributed by atoms with Crippen molar-refractivity contribution in [1.82, 2.24) is 15.0 Å². The van der Waals surface area contributed by atoms with Crippen molar-refractivity contribution in [3.8, 4) is 0 Å².